The smallest absolute Gasteiger partial charge is 0.324 e. The molecule has 16 heavy (non-hydrogen) atoms. The number of carbonyl (C=O) groups is 1. The van der Waals surface area contributed by atoms with Crippen LogP contribution in [0.2, 0.25) is 0 Å². The summed E-state index contributed by atoms with van der Waals surface area (Å²) in [6, 6.07) is 0.512. The minimum atomic E-state index is -1.14. The molecular formula is C11H23N3O2. The third kappa shape index (κ3) is 3.17. The molecular weight excluding hydrogens is 206 g/mol. The van der Waals surface area contributed by atoms with Gasteiger partial charge in [0.1, 0.15) is 5.54 Å². The zero-order valence-corrected chi connectivity index (χ0v) is 10.4. The summed E-state index contributed by atoms with van der Waals surface area (Å²) in [5.41, 5.74) is 4.61. The van der Waals surface area contributed by atoms with Crippen LogP contribution in [0.25, 0.3) is 0 Å². The van der Waals surface area contributed by atoms with E-state index in [1.807, 2.05) is 0 Å². The molecule has 0 aliphatic carbocycles. The first-order chi connectivity index (χ1) is 7.36. The Labute approximate surface area is 97.2 Å². The molecule has 5 heteroatoms. The minimum Gasteiger partial charge on any atom is -0.480 e. The molecule has 0 bridgehead atoms. The van der Waals surface area contributed by atoms with Gasteiger partial charge in [-0.2, -0.15) is 0 Å². The van der Waals surface area contributed by atoms with Crippen molar-refractivity contribution >= 4 is 5.97 Å². The number of nitrogens with two attached hydrogens (primary N) is 1. The van der Waals surface area contributed by atoms with Gasteiger partial charge in [0.25, 0.3) is 0 Å². The fraction of sp³-hybridized carbons (Fsp3) is 0.909. The van der Waals surface area contributed by atoms with Gasteiger partial charge >= 0.3 is 5.97 Å². The average molecular weight is 229 g/mol. The van der Waals surface area contributed by atoms with Crippen LogP contribution in [0.15, 0.2) is 0 Å². The van der Waals surface area contributed by atoms with Gasteiger partial charge in [-0.1, -0.05) is 6.92 Å². The number of hydrogen-bond donors (Lipinski definition) is 2. The van der Waals surface area contributed by atoms with Gasteiger partial charge in [-0.15, -0.1) is 0 Å². The van der Waals surface area contributed by atoms with Gasteiger partial charge in [-0.3, -0.25) is 9.69 Å². The molecule has 1 saturated heterocycles. The molecule has 1 aliphatic heterocycles. The van der Waals surface area contributed by atoms with E-state index in [1.165, 1.54) is 0 Å². The van der Waals surface area contributed by atoms with Crippen LogP contribution in [0.4, 0.5) is 0 Å². The van der Waals surface area contributed by atoms with Crippen LogP contribution in [-0.4, -0.2) is 65.7 Å². The molecule has 0 aromatic carbocycles. The average Bonchev–Trinajstić information content (AvgIpc) is 2.20. The van der Waals surface area contributed by atoms with Gasteiger partial charge in [-0.25, -0.2) is 0 Å². The number of likely N-dealkylation sites (N-methyl/N-ethyl adjacent to an activating group) is 1. The predicted octanol–water partition coefficient (Wildman–Crippen LogP) is -0.186. The van der Waals surface area contributed by atoms with Crippen LogP contribution in [-0.2, 0) is 4.79 Å². The maximum atomic E-state index is 10.9. The molecule has 94 valence electrons. The van der Waals surface area contributed by atoms with Gasteiger partial charge in [0, 0.05) is 32.2 Å². The molecule has 1 rings (SSSR count). The number of piperazine rings is 1. The van der Waals surface area contributed by atoms with Crippen molar-refractivity contribution in [1.29, 1.82) is 0 Å². The van der Waals surface area contributed by atoms with Crippen molar-refractivity contribution in [1.82, 2.24) is 9.80 Å². The molecule has 2 unspecified atom stereocenters. The van der Waals surface area contributed by atoms with Crippen LogP contribution in [0.5, 0.6) is 0 Å². The molecule has 0 aromatic heterocycles. The Morgan fingerprint density at radius 2 is 2.19 bits per heavy atom. The Morgan fingerprint density at radius 1 is 1.56 bits per heavy atom. The Kier molecular flexibility index (Phi) is 4.29. The summed E-state index contributed by atoms with van der Waals surface area (Å²) in [5.74, 6) is -0.931. The summed E-state index contributed by atoms with van der Waals surface area (Å²) in [6.45, 7) is 6.94. The van der Waals surface area contributed by atoms with Crippen LogP contribution < -0.4 is 5.73 Å². The Balaban J connectivity index is 2.53. The van der Waals surface area contributed by atoms with E-state index in [1.54, 1.807) is 6.92 Å². The minimum absolute atomic E-state index is 0.423. The van der Waals surface area contributed by atoms with Gasteiger partial charge in [0.2, 0.25) is 0 Å². The van der Waals surface area contributed by atoms with E-state index >= 15 is 0 Å². The van der Waals surface area contributed by atoms with Gasteiger partial charge in [-0.05, 0) is 20.4 Å². The largest absolute Gasteiger partial charge is 0.480 e. The third-order valence-electron chi connectivity index (χ3n) is 3.37. The number of carboxylic acid groups (broad SMARTS) is 1. The number of nitrogens with zero attached hydrogens (tertiary/aromatic N) is 2. The summed E-state index contributed by atoms with van der Waals surface area (Å²) in [5, 5.41) is 8.98. The Hall–Kier alpha value is -0.650. The van der Waals surface area contributed by atoms with E-state index in [2.05, 4.69) is 23.8 Å². The quantitative estimate of drug-likeness (QED) is 0.699. The van der Waals surface area contributed by atoms with Crippen molar-refractivity contribution in [3.8, 4) is 0 Å². The maximum Gasteiger partial charge on any atom is 0.324 e. The summed E-state index contributed by atoms with van der Waals surface area (Å²) in [6.07, 6.45) is 1.08. The highest BCUT2D eigenvalue weighted by molar-refractivity contribution is 5.78. The van der Waals surface area contributed by atoms with Gasteiger partial charge in [0.05, 0.1) is 0 Å². The molecule has 3 N–H and O–H groups in total. The lowest BCUT2D eigenvalue weighted by Crippen LogP contribution is -2.59. The van der Waals surface area contributed by atoms with Crippen molar-refractivity contribution in [3.63, 3.8) is 0 Å². The first-order valence-electron chi connectivity index (χ1n) is 5.81. The second kappa shape index (κ2) is 5.12. The van der Waals surface area contributed by atoms with Gasteiger partial charge < -0.3 is 15.7 Å². The first-order valence-corrected chi connectivity index (χ1v) is 5.81. The van der Waals surface area contributed by atoms with E-state index in [0.717, 1.165) is 26.1 Å². The third-order valence-corrected chi connectivity index (χ3v) is 3.37. The second-order valence-corrected chi connectivity index (χ2v) is 5.00. The summed E-state index contributed by atoms with van der Waals surface area (Å²) in [7, 11) is 2.12. The zero-order valence-electron chi connectivity index (χ0n) is 10.4. The SMILES string of the molecule is CCC1CN(CC(C)(N)C(=O)O)CCN1C. The van der Waals surface area contributed by atoms with Crippen LogP contribution in [0.1, 0.15) is 20.3 Å². The lowest BCUT2D eigenvalue weighted by atomic mass is 10.0. The normalized spacial score (nSPS) is 27.6. The summed E-state index contributed by atoms with van der Waals surface area (Å²) >= 11 is 0. The van der Waals surface area contributed by atoms with Crippen LogP contribution >= 0.6 is 0 Å². The highest BCUT2D eigenvalue weighted by Crippen LogP contribution is 2.13. The van der Waals surface area contributed by atoms with Crippen LogP contribution in [0.3, 0.4) is 0 Å². The molecule has 0 saturated carbocycles. The molecule has 0 amide bonds. The lowest BCUT2D eigenvalue weighted by Gasteiger charge is -2.41. The topological polar surface area (TPSA) is 69.8 Å². The maximum absolute atomic E-state index is 10.9. The highest BCUT2D eigenvalue weighted by Gasteiger charge is 2.33. The molecule has 5 nitrogen and oxygen atoms in total. The van der Waals surface area contributed by atoms with E-state index < -0.39 is 11.5 Å². The number of hydrogen-bond acceptors (Lipinski definition) is 4. The van der Waals surface area contributed by atoms with Crippen molar-refractivity contribution in [3.05, 3.63) is 0 Å². The van der Waals surface area contributed by atoms with E-state index in [4.69, 9.17) is 10.8 Å². The predicted molar refractivity (Wildman–Crippen MR) is 63.4 cm³/mol. The first kappa shape index (κ1) is 13.4. The zero-order chi connectivity index (χ0) is 12.3. The van der Waals surface area contributed by atoms with E-state index in [9.17, 15) is 4.79 Å². The standard InChI is InChI=1S/C11H23N3O2/c1-4-9-7-14(6-5-13(9)3)8-11(2,12)10(15)16/h9H,4-8,12H2,1-3H3,(H,15,16). The molecule has 1 heterocycles. The lowest BCUT2D eigenvalue weighted by molar-refractivity contribution is -0.143. The van der Waals surface area contributed by atoms with Crippen molar-refractivity contribution in [2.75, 3.05) is 33.2 Å². The Morgan fingerprint density at radius 3 is 2.69 bits per heavy atom. The Bertz CT molecular complexity index is 256. The van der Waals surface area contributed by atoms with Gasteiger partial charge in [0.15, 0.2) is 0 Å². The molecule has 1 aliphatic rings. The fourth-order valence-corrected chi connectivity index (χ4v) is 2.13. The molecule has 0 radical (unpaired) electrons. The fourth-order valence-electron chi connectivity index (χ4n) is 2.13. The highest BCUT2D eigenvalue weighted by atomic mass is 16.4. The second-order valence-electron chi connectivity index (χ2n) is 5.00. The molecule has 1 fully saturated rings. The number of aliphatic carboxylic acids is 1. The summed E-state index contributed by atoms with van der Waals surface area (Å²) < 4.78 is 0. The summed E-state index contributed by atoms with van der Waals surface area (Å²) in [4.78, 5) is 15.4. The van der Waals surface area contributed by atoms with Crippen LogP contribution in [0, 0.1) is 0 Å². The van der Waals surface area contributed by atoms with Crippen molar-refractivity contribution in [2.24, 2.45) is 5.73 Å². The number of rotatable bonds is 4. The number of carboxylic acids is 1. The van der Waals surface area contributed by atoms with E-state index in [0.29, 0.717) is 12.6 Å². The molecule has 2 atom stereocenters. The van der Waals surface area contributed by atoms with Crippen molar-refractivity contribution in [2.45, 2.75) is 31.8 Å². The monoisotopic (exact) mass is 229 g/mol. The molecule has 0 aromatic rings. The van der Waals surface area contributed by atoms with Crippen molar-refractivity contribution < 1.29 is 9.90 Å². The van der Waals surface area contributed by atoms with E-state index in [-0.39, 0.29) is 0 Å². The molecule has 0 spiro atoms.